The molecule has 2 fully saturated rings. The lowest BCUT2D eigenvalue weighted by Crippen LogP contribution is -2.52. The zero-order valence-corrected chi connectivity index (χ0v) is 11.7. The first kappa shape index (κ1) is 13.8. The molecule has 0 bridgehead atoms. The Morgan fingerprint density at radius 2 is 2.17 bits per heavy atom. The molecule has 104 valence electrons. The largest absolute Gasteiger partial charge is 0.378 e. The van der Waals surface area contributed by atoms with Gasteiger partial charge in [0.25, 0.3) is 0 Å². The van der Waals surface area contributed by atoms with Gasteiger partial charge in [0.1, 0.15) is 6.04 Å². The third-order valence-corrected chi connectivity index (χ3v) is 4.25. The van der Waals surface area contributed by atoms with Crippen molar-refractivity contribution in [1.29, 1.82) is 0 Å². The second-order valence-electron chi connectivity index (χ2n) is 5.84. The predicted molar refractivity (Wildman–Crippen MR) is 71.4 cm³/mol. The number of morpholine rings is 1. The zero-order chi connectivity index (χ0) is 13.0. The third-order valence-electron chi connectivity index (χ3n) is 4.25. The molecule has 2 heterocycles. The van der Waals surface area contributed by atoms with Crippen LogP contribution >= 0.6 is 0 Å². The normalized spacial score (nSPS) is 30.3. The molecule has 0 aromatic heterocycles. The Hall–Kier alpha value is -0.610. The molecule has 1 N–H and O–H groups in total. The minimum absolute atomic E-state index is 0.116. The van der Waals surface area contributed by atoms with Gasteiger partial charge < -0.3 is 15.0 Å². The number of nitrogens with one attached hydrogen (secondary N) is 1. The average Bonchev–Trinajstić information content (AvgIpc) is 2.64. The highest BCUT2D eigenvalue weighted by atomic mass is 16.5. The minimum atomic E-state index is -0.116. The summed E-state index contributed by atoms with van der Waals surface area (Å²) in [5.41, 5.74) is 0. The van der Waals surface area contributed by atoms with Crippen molar-refractivity contribution in [2.24, 2.45) is 11.8 Å². The van der Waals surface area contributed by atoms with Gasteiger partial charge in [-0.05, 0) is 31.1 Å². The van der Waals surface area contributed by atoms with Crippen LogP contribution < -0.4 is 5.32 Å². The van der Waals surface area contributed by atoms with Crippen molar-refractivity contribution in [3.8, 4) is 0 Å². The van der Waals surface area contributed by atoms with Crippen LogP contribution in [-0.4, -0.2) is 49.7 Å². The molecule has 0 aromatic carbocycles. The summed E-state index contributed by atoms with van der Waals surface area (Å²) < 4.78 is 5.37. The molecule has 2 atom stereocenters. The molecule has 1 amide bonds. The lowest BCUT2D eigenvalue weighted by Gasteiger charge is -2.29. The van der Waals surface area contributed by atoms with Gasteiger partial charge in [-0.2, -0.15) is 0 Å². The van der Waals surface area contributed by atoms with E-state index in [0.29, 0.717) is 6.61 Å². The van der Waals surface area contributed by atoms with Crippen molar-refractivity contribution in [2.75, 3.05) is 32.8 Å². The van der Waals surface area contributed by atoms with Gasteiger partial charge in [-0.1, -0.05) is 13.8 Å². The smallest absolute Gasteiger partial charge is 0.242 e. The fourth-order valence-electron chi connectivity index (χ4n) is 2.95. The number of hydrogen-bond donors (Lipinski definition) is 1. The summed E-state index contributed by atoms with van der Waals surface area (Å²) in [4.78, 5) is 14.4. The van der Waals surface area contributed by atoms with Crippen LogP contribution in [0, 0.1) is 11.8 Å². The molecule has 4 nitrogen and oxygen atoms in total. The van der Waals surface area contributed by atoms with Crippen LogP contribution in [0.2, 0.25) is 0 Å². The van der Waals surface area contributed by atoms with Gasteiger partial charge in [-0.15, -0.1) is 0 Å². The highest BCUT2D eigenvalue weighted by Gasteiger charge is 2.28. The van der Waals surface area contributed by atoms with E-state index in [4.69, 9.17) is 4.74 Å². The van der Waals surface area contributed by atoms with Crippen LogP contribution in [0.5, 0.6) is 0 Å². The van der Waals surface area contributed by atoms with Gasteiger partial charge in [0.05, 0.1) is 13.2 Å². The number of amides is 1. The molecule has 0 radical (unpaired) electrons. The molecule has 2 aliphatic rings. The summed E-state index contributed by atoms with van der Waals surface area (Å²) in [6.45, 7) is 8.46. The van der Waals surface area contributed by atoms with E-state index >= 15 is 0 Å². The first-order valence-electron chi connectivity index (χ1n) is 7.28. The fraction of sp³-hybridized carbons (Fsp3) is 0.929. The number of ether oxygens (including phenoxy) is 1. The number of nitrogens with zero attached hydrogens (tertiary/aromatic N) is 1. The highest BCUT2D eigenvalue weighted by Crippen LogP contribution is 2.24. The molecule has 0 aromatic rings. The van der Waals surface area contributed by atoms with Gasteiger partial charge in [0.15, 0.2) is 0 Å². The standard InChI is InChI=1S/C14H26N2O2/c1-11(2)12-4-3-7-16(8-5-12)14(17)13-10-18-9-6-15-13/h11-13,15H,3-10H2,1-2H3. The van der Waals surface area contributed by atoms with Crippen LogP contribution in [0.3, 0.4) is 0 Å². The monoisotopic (exact) mass is 254 g/mol. The van der Waals surface area contributed by atoms with Gasteiger partial charge in [0.2, 0.25) is 5.91 Å². The van der Waals surface area contributed by atoms with E-state index in [9.17, 15) is 4.79 Å². The topological polar surface area (TPSA) is 41.6 Å². The number of carbonyl (C=O) groups excluding carboxylic acids is 1. The predicted octanol–water partition coefficient (Wildman–Crippen LogP) is 1.26. The van der Waals surface area contributed by atoms with Crippen molar-refractivity contribution in [2.45, 2.75) is 39.2 Å². The van der Waals surface area contributed by atoms with Gasteiger partial charge in [-0.3, -0.25) is 4.79 Å². The average molecular weight is 254 g/mol. The Kier molecular flexibility index (Phi) is 5.01. The van der Waals surface area contributed by atoms with E-state index in [1.807, 2.05) is 4.90 Å². The van der Waals surface area contributed by atoms with E-state index in [-0.39, 0.29) is 11.9 Å². The molecule has 2 rings (SSSR count). The summed E-state index contributed by atoms with van der Waals surface area (Å²) in [6.07, 6.45) is 3.55. The number of carbonyl (C=O) groups is 1. The van der Waals surface area contributed by atoms with Crippen LogP contribution in [0.4, 0.5) is 0 Å². The molecule has 2 aliphatic heterocycles. The van der Waals surface area contributed by atoms with Crippen molar-refractivity contribution < 1.29 is 9.53 Å². The van der Waals surface area contributed by atoms with Crippen LogP contribution in [0.15, 0.2) is 0 Å². The third kappa shape index (κ3) is 3.45. The number of rotatable bonds is 2. The van der Waals surface area contributed by atoms with Crippen LogP contribution in [0.25, 0.3) is 0 Å². The summed E-state index contributed by atoms with van der Waals surface area (Å²) in [5, 5.41) is 3.25. The highest BCUT2D eigenvalue weighted by molar-refractivity contribution is 5.82. The van der Waals surface area contributed by atoms with Crippen molar-refractivity contribution in [3.63, 3.8) is 0 Å². The molecule has 2 unspecified atom stereocenters. The fourth-order valence-corrected chi connectivity index (χ4v) is 2.95. The first-order valence-corrected chi connectivity index (χ1v) is 7.28. The molecule has 2 saturated heterocycles. The molecular weight excluding hydrogens is 228 g/mol. The van der Waals surface area contributed by atoms with E-state index in [1.54, 1.807) is 0 Å². The maximum atomic E-state index is 12.4. The minimum Gasteiger partial charge on any atom is -0.378 e. The second kappa shape index (κ2) is 6.53. The molecule has 0 aliphatic carbocycles. The second-order valence-corrected chi connectivity index (χ2v) is 5.84. The van der Waals surface area contributed by atoms with E-state index in [1.165, 1.54) is 6.42 Å². The number of likely N-dealkylation sites (tertiary alicyclic amines) is 1. The summed E-state index contributed by atoms with van der Waals surface area (Å²) >= 11 is 0. The Morgan fingerprint density at radius 3 is 2.83 bits per heavy atom. The summed E-state index contributed by atoms with van der Waals surface area (Å²) in [5.74, 6) is 1.74. The van der Waals surface area contributed by atoms with Crippen molar-refractivity contribution >= 4 is 5.91 Å². The van der Waals surface area contributed by atoms with Gasteiger partial charge in [0, 0.05) is 19.6 Å². The van der Waals surface area contributed by atoms with Crippen molar-refractivity contribution in [3.05, 3.63) is 0 Å². The van der Waals surface area contributed by atoms with Crippen LogP contribution in [0.1, 0.15) is 33.1 Å². The number of hydrogen-bond acceptors (Lipinski definition) is 3. The first-order chi connectivity index (χ1) is 8.68. The molecule has 4 heteroatoms. The van der Waals surface area contributed by atoms with Crippen LogP contribution in [-0.2, 0) is 9.53 Å². The lowest BCUT2D eigenvalue weighted by molar-refractivity contribution is -0.136. The summed E-state index contributed by atoms with van der Waals surface area (Å²) in [7, 11) is 0. The van der Waals surface area contributed by atoms with E-state index in [2.05, 4.69) is 19.2 Å². The Morgan fingerprint density at radius 1 is 1.33 bits per heavy atom. The zero-order valence-electron chi connectivity index (χ0n) is 11.7. The van der Waals surface area contributed by atoms with Gasteiger partial charge >= 0.3 is 0 Å². The Bertz CT molecular complexity index is 275. The molecule has 18 heavy (non-hydrogen) atoms. The Balaban J connectivity index is 1.86. The maximum Gasteiger partial charge on any atom is 0.242 e. The molecular formula is C14H26N2O2. The Labute approximate surface area is 110 Å². The van der Waals surface area contributed by atoms with Gasteiger partial charge in [-0.25, -0.2) is 0 Å². The quantitative estimate of drug-likeness (QED) is 0.806. The molecule has 0 spiro atoms. The van der Waals surface area contributed by atoms with E-state index < -0.39 is 0 Å². The van der Waals surface area contributed by atoms with E-state index in [0.717, 1.165) is 50.9 Å². The lowest BCUT2D eigenvalue weighted by atomic mass is 9.89. The SMILES string of the molecule is CC(C)C1CCCN(C(=O)C2COCCN2)CC1. The summed E-state index contributed by atoms with van der Waals surface area (Å²) in [6, 6.07) is -0.116. The maximum absolute atomic E-state index is 12.4. The molecule has 0 saturated carbocycles. The van der Waals surface area contributed by atoms with Crippen molar-refractivity contribution in [1.82, 2.24) is 10.2 Å².